The number of aliphatic hydroxyl groups excluding tert-OH is 1. The summed E-state index contributed by atoms with van der Waals surface area (Å²) in [5.41, 5.74) is -0.697. The number of nitrogens with one attached hydrogen (secondary N) is 1. The molecule has 1 aliphatic heterocycles. The quantitative estimate of drug-likeness (QED) is 0.691. The second kappa shape index (κ2) is 8.24. The molecule has 26 heavy (non-hydrogen) atoms. The van der Waals surface area contributed by atoms with Gasteiger partial charge in [-0.25, -0.2) is 9.59 Å². The SMILES string of the molecule is CC(C)(C)OC(=O)N[C@H](C(=O)N1C[C@H](O)C[C@H]1C(=O)O)C1CCCCC1. The fourth-order valence-electron chi connectivity index (χ4n) is 3.75. The average molecular weight is 370 g/mol. The summed E-state index contributed by atoms with van der Waals surface area (Å²) < 4.78 is 5.28. The van der Waals surface area contributed by atoms with Crippen molar-refractivity contribution in [2.24, 2.45) is 5.92 Å². The van der Waals surface area contributed by atoms with Gasteiger partial charge in [-0.05, 0) is 39.5 Å². The number of likely N-dealkylation sites (tertiary alicyclic amines) is 1. The summed E-state index contributed by atoms with van der Waals surface area (Å²) >= 11 is 0. The third-order valence-corrected chi connectivity index (χ3v) is 4.91. The van der Waals surface area contributed by atoms with E-state index in [0.717, 1.165) is 32.1 Å². The van der Waals surface area contributed by atoms with Crippen molar-refractivity contribution in [2.75, 3.05) is 6.54 Å². The van der Waals surface area contributed by atoms with Gasteiger partial charge in [-0.3, -0.25) is 4.79 Å². The van der Waals surface area contributed by atoms with E-state index >= 15 is 0 Å². The first-order valence-corrected chi connectivity index (χ1v) is 9.29. The van der Waals surface area contributed by atoms with E-state index in [-0.39, 0.29) is 18.9 Å². The summed E-state index contributed by atoms with van der Waals surface area (Å²) in [6.45, 7) is 5.18. The van der Waals surface area contributed by atoms with E-state index in [2.05, 4.69) is 5.32 Å². The lowest BCUT2D eigenvalue weighted by molar-refractivity contribution is -0.149. The zero-order valence-corrected chi connectivity index (χ0v) is 15.7. The minimum atomic E-state index is -1.14. The molecule has 8 heteroatoms. The first-order valence-electron chi connectivity index (χ1n) is 9.29. The number of amides is 2. The monoisotopic (exact) mass is 370 g/mol. The van der Waals surface area contributed by atoms with Gasteiger partial charge in [0, 0.05) is 13.0 Å². The van der Waals surface area contributed by atoms with Gasteiger partial charge >= 0.3 is 12.1 Å². The van der Waals surface area contributed by atoms with Crippen LogP contribution in [0.3, 0.4) is 0 Å². The van der Waals surface area contributed by atoms with E-state index in [1.807, 2.05) is 0 Å². The summed E-state index contributed by atoms with van der Waals surface area (Å²) in [5, 5.41) is 21.9. The smallest absolute Gasteiger partial charge is 0.408 e. The predicted molar refractivity (Wildman–Crippen MR) is 93.5 cm³/mol. The largest absolute Gasteiger partial charge is 0.480 e. The van der Waals surface area contributed by atoms with Gasteiger partial charge < -0.3 is 25.2 Å². The standard InChI is InChI=1S/C18H30N2O6/c1-18(2,3)26-17(25)19-14(11-7-5-4-6-8-11)15(22)20-10-12(21)9-13(20)16(23)24/h11-14,21H,4-10H2,1-3H3,(H,19,25)(H,23,24)/t12-,13+,14+/m1/s1. The Balaban J connectivity index is 2.17. The van der Waals surface area contributed by atoms with Crippen molar-refractivity contribution >= 4 is 18.0 Å². The second-order valence-electron chi connectivity index (χ2n) is 8.26. The molecule has 2 amide bonds. The number of nitrogens with zero attached hydrogens (tertiary/aromatic N) is 1. The highest BCUT2D eigenvalue weighted by molar-refractivity contribution is 5.90. The Kier molecular flexibility index (Phi) is 6.49. The Bertz CT molecular complexity index is 538. The molecule has 0 aromatic rings. The van der Waals surface area contributed by atoms with Gasteiger partial charge in [-0.1, -0.05) is 19.3 Å². The number of hydrogen-bond donors (Lipinski definition) is 3. The van der Waals surface area contributed by atoms with Gasteiger partial charge in [-0.15, -0.1) is 0 Å². The third kappa shape index (κ3) is 5.33. The van der Waals surface area contributed by atoms with Crippen molar-refractivity contribution in [3.8, 4) is 0 Å². The van der Waals surface area contributed by atoms with Crippen LogP contribution in [0.4, 0.5) is 4.79 Å². The zero-order valence-electron chi connectivity index (χ0n) is 15.7. The van der Waals surface area contributed by atoms with Crippen LogP contribution >= 0.6 is 0 Å². The molecule has 0 bridgehead atoms. The van der Waals surface area contributed by atoms with Gasteiger partial charge in [0.1, 0.15) is 17.7 Å². The van der Waals surface area contributed by atoms with Crippen LogP contribution in [-0.4, -0.2) is 63.4 Å². The molecule has 148 valence electrons. The third-order valence-electron chi connectivity index (χ3n) is 4.91. The minimum absolute atomic E-state index is 0.00486. The number of ether oxygens (including phenoxy) is 1. The number of aliphatic carboxylic acids is 1. The first-order chi connectivity index (χ1) is 12.1. The summed E-state index contributed by atoms with van der Waals surface area (Å²) in [7, 11) is 0. The topological polar surface area (TPSA) is 116 Å². The molecule has 0 aromatic carbocycles. The lowest BCUT2D eigenvalue weighted by Gasteiger charge is -2.34. The molecule has 0 unspecified atom stereocenters. The molecular weight excluding hydrogens is 340 g/mol. The van der Waals surface area contributed by atoms with Crippen molar-refractivity contribution in [3.63, 3.8) is 0 Å². The maximum absolute atomic E-state index is 13.1. The number of aliphatic hydroxyl groups is 1. The van der Waals surface area contributed by atoms with E-state index in [9.17, 15) is 24.6 Å². The molecule has 1 heterocycles. The number of carboxylic acids is 1. The highest BCUT2D eigenvalue weighted by atomic mass is 16.6. The normalized spacial score (nSPS) is 25.6. The zero-order chi connectivity index (χ0) is 19.5. The molecule has 1 saturated carbocycles. The number of alkyl carbamates (subject to hydrolysis) is 1. The summed E-state index contributed by atoms with van der Waals surface area (Å²) in [6, 6.07) is -1.90. The summed E-state index contributed by atoms with van der Waals surface area (Å²) in [4.78, 5) is 38.0. The molecule has 2 rings (SSSR count). The maximum atomic E-state index is 13.1. The van der Waals surface area contributed by atoms with Crippen molar-refractivity contribution < 1.29 is 29.3 Å². The van der Waals surface area contributed by atoms with Gasteiger partial charge in [0.15, 0.2) is 0 Å². The van der Waals surface area contributed by atoms with Crippen molar-refractivity contribution in [3.05, 3.63) is 0 Å². The Morgan fingerprint density at radius 3 is 2.31 bits per heavy atom. The number of β-amino-alcohol motifs (C(OH)–C–C–N with tert-alkyl or cyclic N) is 1. The van der Waals surface area contributed by atoms with Crippen LogP contribution in [0.25, 0.3) is 0 Å². The van der Waals surface area contributed by atoms with Crippen LogP contribution in [0.2, 0.25) is 0 Å². The summed E-state index contributed by atoms with van der Waals surface area (Å²) in [5.74, 6) is -1.66. The number of carboxylic acid groups (broad SMARTS) is 1. The van der Waals surface area contributed by atoms with E-state index in [1.54, 1.807) is 20.8 Å². The fourth-order valence-corrected chi connectivity index (χ4v) is 3.75. The van der Waals surface area contributed by atoms with Gasteiger partial charge in [-0.2, -0.15) is 0 Å². The fraction of sp³-hybridized carbons (Fsp3) is 0.833. The van der Waals surface area contributed by atoms with E-state index in [1.165, 1.54) is 4.90 Å². The first kappa shape index (κ1) is 20.5. The summed E-state index contributed by atoms with van der Waals surface area (Å²) in [6.07, 6.45) is 3.06. The van der Waals surface area contributed by atoms with Crippen molar-refractivity contribution in [1.29, 1.82) is 0 Å². The van der Waals surface area contributed by atoms with Crippen LogP contribution in [0.5, 0.6) is 0 Å². The number of rotatable bonds is 4. The molecule has 1 aliphatic carbocycles. The Morgan fingerprint density at radius 1 is 1.15 bits per heavy atom. The minimum Gasteiger partial charge on any atom is -0.480 e. The van der Waals surface area contributed by atoms with Crippen LogP contribution in [-0.2, 0) is 14.3 Å². The molecule has 0 aromatic heterocycles. The number of carbonyl (C=O) groups excluding carboxylic acids is 2. The lowest BCUT2D eigenvalue weighted by atomic mass is 9.83. The molecule has 3 atom stereocenters. The van der Waals surface area contributed by atoms with E-state index in [4.69, 9.17) is 4.74 Å². The van der Waals surface area contributed by atoms with E-state index in [0.29, 0.717) is 0 Å². The number of hydrogen-bond acceptors (Lipinski definition) is 5. The van der Waals surface area contributed by atoms with Gasteiger partial charge in [0.25, 0.3) is 0 Å². The average Bonchev–Trinajstić information content (AvgIpc) is 2.93. The lowest BCUT2D eigenvalue weighted by Crippen LogP contribution is -2.55. The highest BCUT2D eigenvalue weighted by Gasteiger charge is 2.43. The van der Waals surface area contributed by atoms with Crippen LogP contribution in [0, 0.1) is 5.92 Å². The van der Waals surface area contributed by atoms with Gasteiger partial charge in [0.2, 0.25) is 5.91 Å². The Morgan fingerprint density at radius 2 is 1.77 bits per heavy atom. The van der Waals surface area contributed by atoms with Crippen LogP contribution < -0.4 is 5.32 Å². The number of carbonyl (C=O) groups is 3. The van der Waals surface area contributed by atoms with Gasteiger partial charge in [0.05, 0.1) is 6.10 Å². The van der Waals surface area contributed by atoms with Crippen LogP contribution in [0.15, 0.2) is 0 Å². The maximum Gasteiger partial charge on any atom is 0.408 e. The molecule has 2 fully saturated rings. The Labute approximate surface area is 153 Å². The molecule has 0 spiro atoms. The molecule has 3 N–H and O–H groups in total. The molecular formula is C18H30N2O6. The molecule has 8 nitrogen and oxygen atoms in total. The van der Waals surface area contributed by atoms with Crippen molar-refractivity contribution in [2.45, 2.75) is 83.1 Å². The molecule has 2 aliphatic rings. The highest BCUT2D eigenvalue weighted by Crippen LogP contribution is 2.29. The second-order valence-corrected chi connectivity index (χ2v) is 8.26. The van der Waals surface area contributed by atoms with E-state index < -0.39 is 41.8 Å². The molecule has 0 radical (unpaired) electrons. The predicted octanol–water partition coefficient (Wildman–Crippen LogP) is 1.51. The Hall–Kier alpha value is -1.83. The van der Waals surface area contributed by atoms with Crippen LogP contribution in [0.1, 0.15) is 59.3 Å². The van der Waals surface area contributed by atoms with Crippen molar-refractivity contribution in [1.82, 2.24) is 10.2 Å². The molecule has 1 saturated heterocycles.